The van der Waals surface area contributed by atoms with Crippen LogP contribution < -0.4 is 15.8 Å². The number of aliphatic imine (C=N–C) groups is 1. The lowest BCUT2D eigenvalue weighted by Gasteiger charge is -2.23. The molecule has 25 heavy (non-hydrogen) atoms. The average Bonchev–Trinajstić information content (AvgIpc) is 3.06. The van der Waals surface area contributed by atoms with Gasteiger partial charge in [-0.3, -0.25) is 10.1 Å². The largest absolute Gasteiger partial charge is 0.485 e. The lowest BCUT2D eigenvalue weighted by Crippen LogP contribution is -2.30. The van der Waals surface area contributed by atoms with Crippen LogP contribution in [0.1, 0.15) is 47.7 Å². The summed E-state index contributed by atoms with van der Waals surface area (Å²) < 4.78 is 5.99. The Hall–Kier alpha value is -2.85. The standard InChI is InChI=1S/C18H18N4O2S/c1-3-14(22-18(20)21-9-23)16-7-13-12-6-11(8-19)4-5-15(12)24-10(2)17(13)25-16/h4-7,9-10,14H,3H2,1-2H3,(H3,20,21,22,23). The maximum absolute atomic E-state index is 10.5. The van der Waals surface area contributed by atoms with Crippen LogP contribution in [-0.2, 0) is 4.79 Å². The number of hydrogen-bond donors (Lipinski definition) is 2. The van der Waals surface area contributed by atoms with E-state index < -0.39 is 0 Å². The fourth-order valence-electron chi connectivity index (χ4n) is 2.88. The average molecular weight is 354 g/mol. The highest BCUT2D eigenvalue weighted by Gasteiger charge is 2.27. The van der Waals surface area contributed by atoms with Crippen LogP contribution in [0.15, 0.2) is 29.3 Å². The molecule has 3 rings (SSSR count). The van der Waals surface area contributed by atoms with Crippen molar-refractivity contribution in [1.29, 1.82) is 5.26 Å². The highest BCUT2D eigenvalue weighted by molar-refractivity contribution is 7.12. The third-order valence-electron chi connectivity index (χ3n) is 4.07. The number of nitrogens with one attached hydrogen (secondary N) is 1. The minimum absolute atomic E-state index is 0.0684. The van der Waals surface area contributed by atoms with Crippen LogP contribution in [0.2, 0.25) is 0 Å². The number of fused-ring (bicyclic) bond motifs is 3. The van der Waals surface area contributed by atoms with Crippen molar-refractivity contribution in [2.75, 3.05) is 0 Å². The smallest absolute Gasteiger partial charge is 0.213 e. The van der Waals surface area contributed by atoms with E-state index in [-0.39, 0.29) is 18.1 Å². The maximum Gasteiger partial charge on any atom is 0.213 e. The lowest BCUT2D eigenvalue weighted by atomic mass is 9.98. The van der Waals surface area contributed by atoms with Gasteiger partial charge in [-0.15, -0.1) is 11.3 Å². The topological polar surface area (TPSA) is 100 Å². The Balaban J connectivity index is 2.06. The van der Waals surface area contributed by atoms with E-state index in [1.807, 2.05) is 26.0 Å². The molecule has 0 saturated carbocycles. The Morgan fingerprint density at radius 3 is 3.00 bits per heavy atom. The van der Waals surface area contributed by atoms with Gasteiger partial charge >= 0.3 is 0 Å². The first kappa shape index (κ1) is 17.0. The van der Waals surface area contributed by atoms with Crippen molar-refractivity contribution in [3.8, 4) is 22.9 Å². The number of amides is 1. The molecule has 7 heteroatoms. The molecule has 0 radical (unpaired) electrons. The number of carbonyl (C=O) groups excluding carboxylic acids is 1. The monoisotopic (exact) mass is 354 g/mol. The van der Waals surface area contributed by atoms with Crippen molar-refractivity contribution in [2.45, 2.75) is 32.4 Å². The summed E-state index contributed by atoms with van der Waals surface area (Å²) in [4.78, 5) is 17.0. The molecule has 0 spiro atoms. The number of benzene rings is 1. The number of rotatable bonds is 4. The van der Waals surface area contributed by atoms with Gasteiger partial charge in [-0.1, -0.05) is 6.92 Å². The van der Waals surface area contributed by atoms with Gasteiger partial charge in [0.2, 0.25) is 6.41 Å². The van der Waals surface area contributed by atoms with E-state index in [0.29, 0.717) is 12.0 Å². The number of ether oxygens (including phenoxy) is 1. The summed E-state index contributed by atoms with van der Waals surface area (Å²) in [6.07, 6.45) is 1.20. The molecule has 128 valence electrons. The number of thiophene rings is 1. The second-order valence-electron chi connectivity index (χ2n) is 5.71. The molecule has 0 bridgehead atoms. The molecule has 0 fully saturated rings. The van der Waals surface area contributed by atoms with E-state index in [1.165, 1.54) is 0 Å². The number of hydrogen-bond acceptors (Lipinski definition) is 5. The number of carbonyl (C=O) groups is 1. The van der Waals surface area contributed by atoms with Gasteiger partial charge in [0.1, 0.15) is 11.9 Å². The van der Waals surface area contributed by atoms with E-state index in [9.17, 15) is 4.79 Å². The maximum atomic E-state index is 10.5. The summed E-state index contributed by atoms with van der Waals surface area (Å²) in [6, 6.07) is 9.56. The van der Waals surface area contributed by atoms with E-state index in [2.05, 4.69) is 22.4 Å². The normalized spacial score (nSPS) is 16.8. The number of nitrogens with two attached hydrogens (primary N) is 1. The number of guanidine groups is 1. The molecule has 1 amide bonds. The zero-order chi connectivity index (χ0) is 18.0. The predicted octanol–water partition coefficient (Wildman–Crippen LogP) is 3.25. The highest BCUT2D eigenvalue weighted by Crippen LogP contribution is 2.48. The van der Waals surface area contributed by atoms with Gasteiger partial charge in [0.15, 0.2) is 5.96 Å². The number of nitriles is 1. The first-order chi connectivity index (χ1) is 12.1. The molecule has 2 heterocycles. The van der Waals surface area contributed by atoms with Crippen molar-refractivity contribution in [1.82, 2.24) is 5.32 Å². The van der Waals surface area contributed by atoms with Gasteiger partial charge in [-0.2, -0.15) is 5.26 Å². The van der Waals surface area contributed by atoms with E-state index >= 15 is 0 Å². The second-order valence-corrected chi connectivity index (χ2v) is 6.83. The summed E-state index contributed by atoms with van der Waals surface area (Å²) in [6.45, 7) is 4.02. The first-order valence-corrected chi connectivity index (χ1v) is 8.77. The summed E-state index contributed by atoms with van der Waals surface area (Å²) in [5.41, 5.74) is 8.31. The molecule has 1 aromatic heterocycles. The molecule has 6 nitrogen and oxygen atoms in total. The summed E-state index contributed by atoms with van der Waals surface area (Å²) in [5, 5.41) is 11.5. The van der Waals surface area contributed by atoms with Gasteiger partial charge < -0.3 is 10.5 Å². The Bertz CT molecular complexity index is 882. The Morgan fingerprint density at radius 2 is 2.32 bits per heavy atom. The highest BCUT2D eigenvalue weighted by atomic mass is 32.1. The van der Waals surface area contributed by atoms with Gasteiger partial charge in [0.05, 0.1) is 22.6 Å². The van der Waals surface area contributed by atoms with Crippen LogP contribution in [0, 0.1) is 11.3 Å². The van der Waals surface area contributed by atoms with Crippen molar-refractivity contribution < 1.29 is 9.53 Å². The second kappa shape index (κ2) is 6.95. The van der Waals surface area contributed by atoms with Crippen LogP contribution in [0.3, 0.4) is 0 Å². The summed E-state index contributed by atoms with van der Waals surface area (Å²) in [5.74, 6) is 0.881. The molecule has 3 N–H and O–H groups in total. The van der Waals surface area contributed by atoms with Crippen molar-refractivity contribution in [2.24, 2.45) is 10.7 Å². The third-order valence-corrected chi connectivity index (χ3v) is 5.47. The third kappa shape index (κ3) is 3.21. The van der Waals surface area contributed by atoms with E-state index in [1.54, 1.807) is 17.4 Å². The van der Waals surface area contributed by atoms with Crippen LogP contribution in [0.25, 0.3) is 11.1 Å². The molecule has 1 aliphatic heterocycles. The van der Waals surface area contributed by atoms with Crippen LogP contribution >= 0.6 is 11.3 Å². The summed E-state index contributed by atoms with van der Waals surface area (Å²) in [7, 11) is 0. The first-order valence-electron chi connectivity index (χ1n) is 7.95. The molecular formula is C18H18N4O2S. The van der Waals surface area contributed by atoms with Crippen LogP contribution in [0.5, 0.6) is 5.75 Å². The van der Waals surface area contributed by atoms with Crippen LogP contribution in [-0.4, -0.2) is 12.4 Å². The molecule has 1 aromatic carbocycles. The van der Waals surface area contributed by atoms with Gasteiger partial charge in [0, 0.05) is 16.0 Å². The SMILES string of the molecule is CCC(N=C(N)NC=O)c1cc2c(s1)C(C)Oc1ccc(C#N)cc1-2. The molecule has 1 aliphatic rings. The minimum atomic E-state index is -0.141. The van der Waals surface area contributed by atoms with E-state index in [4.69, 9.17) is 15.7 Å². The molecule has 2 atom stereocenters. The Kier molecular flexibility index (Phi) is 4.72. The lowest BCUT2D eigenvalue weighted by molar-refractivity contribution is -0.108. The zero-order valence-corrected chi connectivity index (χ0v) is 14.8. The predicted molar refractivity (Wildman–Crippen MR) is 97.4 cm³/mol. The minimum Gasteiger partial charge on any atom is -0.485 e. The Morgan fingerprint density at radius 1 is 1.52 bits per heavy atom. The van der Waals surface area contributed by atoms with Crippen molar-refractivity contribution in [3.63, 3.8) is 0 Å². The van der Waals surface area contributed by atoms with Gasteiger partial charge in [-0.05, 0) is 37.6 Å². The fraction of sp³-hybridized carbons (Fsp3) is 0.278. The molecule has 2 aromatic rings. The summed E-state index contributed by atoms with van der Waals surface area (Å²) >= 11 is 1.63. The van der Waals surface area contributed by atoms with Crippen molar-refractivity contribution >= 4 is 23.7 Å². The zero-order valence-electron chi connectivity index (χ0n) is 13.9. The van der Waals surface area contributed by atoms with Crippen molar-refractivity contribution in [3.05, 3.63) is 39.6 Å². The molecule has 0 saturated heterocycles. The Labute approximate surface area is 149 Å². The fourth-order valence-corrected chi connectivity index (χ4v) is 4.16. The quantitative estimate of drug-likeness (QED) is 0.500. The van der Waals surface area contributed by atoms with Crippen LogP contribution in [0.4, 0.5) is 0 Å². The molecule has 0 aliphatic carbocycles. The number of nitrogens with zero attached hydrogens (tertiary/aromatic N) is 2. The molecule has 2 unspecified atom stereocenters. The van der Waals surface area contributed by atoms with Gasteiger partial charge in [0.25, 0.3) is 0 Å². The van der Waals surface area contributed by atoms with Gasteiger partial charge in [-0.25, -0.2) is 4.99 Å². The molecular weight excluding hydrogens is 336 g/mol. The van der Waals surface area contributed by atoms with E-state index in [0.717, 1.165) is 33.1 Å².